The number of piperidine rings is 1. The fourth-order valence-corrected chi connectivity index (χ4v) is 4.52. The molecule has 4 rings (SSSR count). The van der Waals surface area contributed by atoms with E-state index in [2.05, 4.69) is 34.1 Å². The highest BCUT2D eigenvalue weighted by Gasteiger charge is 2.43. The first kappa shape index (κ1) is 17.2. The predicted octanol–water partition coefficient (Wildman–Crippen LogP) is 3.24. The van der Waals surface area contributed by atoms with Crippen molar-refractivity contribution < 1.29 is 8.78 Å². The minimum absolute atomic E-state index is 0.0724. The zero-order valence-corrected chi connectivity index (χ0v) is 15.0. The zero-order chi connectivity index (χ0) is 17.3. The Hall–Kier alpha value is -1.20. The van der Waals surface area contributed by atoms with E-state index in [0.717, 1.165) is 32.1 Å². The van der Waals surface area contributed by atoms with Gasteiger partial charge in [0.05, 0.1) is 13.1 Å². The molecule has 3 heterocycles. The summed E-state index contributed by atoms with van der Waals surface area (Å²) in [5.74, 6) is -2.45. The number of anilines is 1. The molecule has 0 amide bonds. The van der Waals surface area contributed by atoms with Gasteiger partial charge < -0.3 is 9.80 Å². The van der Waals surface area contributed by atoms with Gasteiger partial charge >= 0.3 is 0 Å². The molecule has 0 aliphatic carbocycles. The molecular weight excluding hydrogens is 320 g/mol. The SMILES string of the molecule is FC1(F)CN(CCc2ccc(N3CCC(N4CCCC4)CC3)cc2)C1. The van der Waals surface area contributed by atoms with Gasteiger partial charge in [0.15, 0.2) is 0 Å². The largest absolute Gasteiger partial charge is 0.371 e. The molecule has 3 saturated heterocycles. The summed E-state index contributed by atoms with van der Waals surface area (Å²) < 4.78 is 25.7. The summed E-state index contributed by atoms with van der Waals surface area (Å²) in [4.78, 5) is 7.00. The van der Waals surface area contributed by atoms with Crippen LogP contribution in [0.15, 0.2) is 24.3 Å². The number of halogens is 2. The van der Waals surface area contributed by atoms with Crippen molar-refractivity contribution in [3.05, 3.63) is 29.8 Å². The van der Waals surface area contributed by atoms with E-state index in [-0.39, 0.29) is 13.1 Å². The molecule has 3 aliphatic heterocycles. The van der Waals surface area contributed by atoms with Crippen LogP contribution in [-0.4, -0.2) is 67.6 Å². The highest BCUT2D eigenvalue weighted by Crippen LogP contribution is 2.27. The van der Waals surface area contributed by atoms with Gasteiger partial charge in [-0.05, 0) is 62.9 Å². The first-order valence-corrected chi connectivity index (χ1v) is 9.77. The molecule has 0 bridgehead atoms. The van der Waals surface area contributed by atoms with Crippen LogP contribution in [0.1, 0.15) is 31.2 Å². The van der Waals surface area contributed by atoms with E-state index in [9.17, 15) is 8.78 Å². The van der Waals surface area contributed by atoms with Crippen LogP contribution in [0, 0.1) is 0 Å². The second kappa shape index (κ2) is 7.20. The van der Waals surface area contributed by atoms with Gasteiger partial charge in [0.2, 0.25) is 0 Å². The Morgan fingerprint density at radius 3 is 2.16 bits per heavy atom. The number of hydrogen-bond acceptors (Lipinski definition) is 3. The Balaban J connectivity index is 1.23. The predicted molar refractivity (Wildman–Crippen MR) is 97.6 cm³/mol. The maximum Gasteiger partial charge on any atom is 0.272 e. The standard InChI is InChI=1S/C20H29F2N3/c21-20(22)15-23(16-20)12-7-17-3-5-18(6-4-17)25-13-8-19(9-14-25)24-10-1-2-11-24/h3-6,19H,1-2,7-16H2. The Morgan fingerprint density at radius 2 is 1.56 bits per heavy atom. The van der Waals surface area contributed by atoms with Gasteiger partial charge in [0.25, 0.3) is 5.92 Å². The summed E-state index contributed by atoms with van der Waals surface area (Å²) in [5, 5.41) is 0. The van der Waals surface area contributed by atoms with Crippen molar-refractivity contribution in [1.29, 1.82) is 0 Å². The van der Waals surface area contributed by atoms with Crippen LogP contribution in [0.3, 0.4) is 0 Å². The summed E-state index contributed by atoms with van der Waals surface area (Å²) in [7, 11) is 0. The maximum absolute atomic E-state index is 12.8. The molecule has 0 N–H and O–H groups in total. The number of rotatable bonds is 5. The van der Waals surface area contributed by atoms with Crippen molar-refractivity contribution in [2.75, 3.05) is 50.7 Å². The summed E-state index contributed by atoms with van der Waals surface area (Å²) in [5.41, 5.74) is 2.55. The lowest BCUT2D eigenvalue weighted by atomic mass is 10.0. The Labute approximate surface area is 149 Å². The summed E-state index contributed by atoms with van der Waals surface area (Å²) in [6, 6.07) is 9.53. The van der Waals surface area contributed by atoms with E-state index in [4.69, 9.17) is 0 Å². The fourth-order valence-electron chi connectivity index (χ4n) is 4.52. The van der Waals surface area contributed by atoms with Crippen LogP contribution in [0.25, 0.3) is 0 Å². The molecule has 0 atom stereocenters. The summed E-state index contributed by atoms with van der Waals surface area (Å²) >= 11 is 0. The third-order valence-corrected chi connectivity index (χ3v) is 6.05. The monoisotopic (exact) mass is 349 g/mol. The highest BCUT2D eigenvalue weighted by atomic mass is 19.3. The maximum atomic E-state index is 12.8. The molecule has 0 spiro atoms. The van der Waals surface area contributed by atoms with Gasteiger partial charge in [-0.15, -0.1) is 0 Å². The Kier molecular flexibility index (Phi) is 4.96. The smallest absolute Gasteiger partial charge is 0.272 e. The third kappa shape index (κ3) is 4.14. The molecule has 25 heavy (non-hydrogen) atoms. The van der Waals surface area contributed by atoms with Crippen molar-refractivity contribution in [2.24, 2.45) is 0 Å². The lowest BCUT2D eigenvalue weighted by Crippen LogP contribution is -2.56. The van der Waals surface area contributed by atoms with Crippen molar-refractivity contribution in [3.8, 4) is 0 Å². The minimum Gasteiger partial charge on any atom is -0.371 e. The van der Waals surface area contributed by atoms with Gasteiger partial charge in [0.1, 0.15) is 0 Å². The lowest BCUT2D eigenvalue weighted by molar-refractivity contribution is -0.129. The van der Waals surface area contributed by atoms with Crippen LogP contribution in [-0.2, 0) is 6.42 Å². The van der Waals surface area contributed by atoms with Crippen LogP contribution < -0.4 is 4.90 Å². The molecule has 0 unspecified atom stereocenters. The lowest BCUT2D eigenvalue weighted by Gasteiger charge is -2.38. The van der Waals surface area contributed by atoms with Crippen molar-refractivity contribution in [1.82, 2.24) is 9.80 Å². The van der Waals surface area contributed by atoms with Crippen molar-refractivity contribution >= 4 is 5.69 Å². The quantitative estimate of drug-likeness (QED) is 0.808. The van der Waals surface area contributed by atoms with Crippen molar-refractivity contribution in [3.63, 3.8) is 0 Å². The molecule has 1 aromatic carbocycles. The third-order valence-electron chi connectivity index (χ3n) is 6.05. The average molecular weight is 349 g/mol. The van der Waals surface area contributed by atoms with Crippen molar-refractivity contribution in [2.45, 2.75) is 44.1 Å². The molecule has 0 radical (unpaired) electrons. The summed E-state index contributed by atoms with van der Waals surface area (Å²) in [6.07, 6.45) is 6.14. The van der Waals surface area contributed by atoms with Gasteiger partial charge in [-0.3, -0.25) is 4.90 Å². The van der Waals surface area contributed by atoms with Crippen LogP contribution in [0.4, 0.5) is 14.5 Å². The second-order valence-electron chi connectivity index (χ2n) is 7.94. The van der Waals surface area contributed by atoms with Gasteiger partial charge in [-0.2, -0.15) is 0 Å². The Bertz CT molecular complexity index is 553. The van der Waals surface area contributed by atoms with Crippen LogP contribution in [0.2, 0.25) is 0 Å². The van der Waals surface area contributed by atoms with Gasteiger partial charge in [-0.1, -0.05) is 12.1 Å². The molecule has 1 aromatic rings. The normalized spacial score (nSPS) is 25.3. The van der Waals surface area contributed by atoms with E-state index in [0.29, 0.717) is 0 Å². The number of likely N-dealkylation sites (tertiary alicyclic amines) is 2. The minimum atomic E-state index is -2.45. The molecule has 3 nitrogen and oxygen atoms in total. The molecule has 0 aromatic heterocycles. The highest BCUT2D eigenvalue weighted by molar-refractivity contribution is 5.48. The molecular formula is C20H29F2N3. The molecule has 3 fully saturated rings. The number of hydrogen-bond donors (Lipinski definition) is 0. The topological polar surface area (TPSA) is 9.72 Å². The second-order valence-corrected chi connectivity index (χ2v) is 7.94. The van der Waals surface area contributed by atoms with E-state index < -0.39 is 5.92 Å². The van der Waals surface area contributed by atoms with Crippen LogP contribution >= 0.6 is 0 Å². The van der Waals surface area contributed by atoms with Gasteiger partial charge in [0, 0.05) is 31.4 Å². The molecule has 138 valence electrons. The first-order valence-electron chi connectivity index (χ1n) is 9.77. The number of benzene rings is 1. The fraction of sp³-hybridized carbons (Fsp3) is 0.700. The number of alkyl halides is 2. The zero-order valence-electron chi connectivity index (χ0n) is 15.0. The molecule has 0 saturated carbocycles. The Morgan fingerprint density at radius 1 is 0.920 bits per heavy atom. The molecule has 5 heteroatoms. The first-order chi connectivity index (χ1) is 12.1. The van der Waals surface area contributed by atoms with E-state index in [1.165, 1.54) is 50.0 Å². The van der Waals surface area contributed by atoms with E-state index >= 15 is 0 Å². The van der Waals surface area contributed by atoms with E-state index in [1.807, 2.05) is 4.90 Å². The van der Waals surface area contributed by atoms with Gasteiger partial charge in [-0.25, -0.2) is 8.78 Å². The average Bonchev–Trinajstić information content (AvgIpc) is 3.13. The summed E-state index contributed by atoms with van der Waals surface area (Å²) in [6.45, 7) is 5.46. The van der Waals surface area contributed by atoms with Crippen LogP contribution in [0.5, 0.6) is 0 Å². The number of nitrogens with zero attached hydrogens (tertiary/aromatic N) is 3. The van der Waals surface area contributed by atoms with E-state index in [1.54, 1.807) is 0 Å². The molecule has 3 aliphatic rings.